The molecule has 0 amide bonds. The molecule has 1 aromatic heterocycles. The quantitative estimate of drug-likeness (QED) is 0.886. The third-order valence-electron chi connectivity index (χ3n) is 4.01. The van der Waals surface area contributed by atoms with Gasteiger partial charge in [0.25, 0.3) is 5.56 Å². The number of hydrogen-bond acceptors (Lipinski definition) is 2. The number of aromatic nitrogens is 1. The standard InChI is InChI=1S/C15H21NO3/c1-15(2,14(18)19)9-4-10-16-12-6-3-5-11(12)7-8-13(16)17/h7-8H,3-6,9-10H2,1-2H3,(H,18,19). The predicted octanol–water partition coefficient (Wildman–Crippen LogP) is 2.23. The second kappa shape index (κ2) is 5.19. The van der Waals surface area contributed by atoms with E-state index in [0.717, 1.165) is 31.4 Å². The maximum Gasteiger partial charge on any atom is 0.309 e. The first-order valence-electron chi connectivity index (χ1n) is 6.87. The van der Waals surface area contributed by atoms with Crippen LogP contribution in [-0.4, -0.2) is 15.6 Å². The minimum atomic E-state index is -0.780. The third kappa shape index (κ3) is 2.88. The maximum absolute atomic E-state index is 11.9. The SMILES string of the molecule is CC(C)(CCCn1c2c(ccc1=O)CCC2)C(=O)O. The van der Waals surface area contributed by atoms with E-state index in [1.54, 1.807) is 19.9 Å². The molecule has 0 bridgehead atoms. The molecule has 1 heterocycles. The zero-order valence-electron chi connectivity index (χ0n) is 11.6. The van der Waals surface area contributed by atoms with E-state index in [1.807, 2.05) is 10.6 Å². The molecule has 4 nitrogen and oxygen atoms in total. The fourth-order valence-electron chi connectivity index (χ4n) is 2.67. The summed E-state index contributed by atoms with van der Waals surface area (Å²) in [5, 5.41) is 9.08. The smallest absolute Gasteiger partial charge is 0.309 e. The van der Waals surface area contributed by atoms with Crippen LogP contribution in [0.1, 0.15) is 44.4 Å². The molecule has 0 fully saturated rings. The number of carboxylic acid groups (broad SMARTS) is 1. The van der Waals surface area contributed by atoms with Crippen LogP contribution in [0.25, 0.3) is 0 Å². The van der Waals surface area contributed by atoms with E-state index >= 15 is 0 Å². The number of nitrogens with zero attached hydrogens (tertiary/aromatic N) is 1. The van der Waals surface area contributed by atoms with Gasteiger partial charge in [-0.15, -0.1) is 0 Å². The Kier molecular flexibility index (Phi) is 3.78. The lowest BCUT2D eigenvalue weighted by Crippen LogP contribution is -2.26. The molecule has 0 spiro atoms. The van der Waals surface area contributed by atoms with E-state index < -0.39 is 11.4 Å². The minimum Gasteiger partial charge on any atom is -0.481 e. The Hall–Kier alpha value is -1.58. The lowest BCUT2D eigenvalue weighted by atomic mass is 9.88. The van der Waals surface area contributed by atoms with Crippen molar-refractivity contribution in [3.05, 3.63) is 33.7 Å². The molecule has 1 aliphatic rings. The van der Waals surface area contributed by atoms with Crippen molar-refractivity contribution in [1.82, 2.24) is 4.57 Å². The van der Waals surface area contributed by atoms with Crippen molar-refractivity contribution in [2.45, 2.75) is 52.5 Å². The molecule has 19 heavy (non-hydrogen) atoms. The number of pyridine rings is 1. The molecule has 1 N–H and O–H groups in total. The first-order valence-corrected chi connectivity index (χ1v) is 6.87. The number of fused-ring (bicyclic) bond motifs is 1. The van der Waals surface area contributed by atoms with Crippen LogP contribution in [-0.2, 0) is 24.2 Å². The van der Waals surface area contributed by atoms with Gasteiger partial charge in [0.15, 0.2) is 0 Å². The van der Waals surface area contributed by atoms with Crippen LogP contribution in [0.5, 0.6) is 0 Å². The fourth-order valence-corrected chi connectivity index (χ4v) is 2.67. The van der Waals surface area contributed by atoms with Gasteiger partial charge in [0, 0.05) is 18.3 Å². The largest absolute Gasteiger partial charge is 0.481 e. The van der Waals surface area contributed by atoms with Crippen LogP contribution < -0.4 is 5.56 Å². The Morgan fingerprint density at radius 1 is 1.37 bits per heavy atom. The summed E-state index contributed by atoms with van der Waals surface area (Å²) in [6.45, 7) is 4.08. The number of hydrogen-bond donors (Lipinski definition) is 1. The van der Waals surface area contributed by atoms with Gasteiger partial charge in [-0.05, 0) is 51.5 Å². The number of rotatable bonds is 5. The third-order valence-corrected chi connectivity index (χ3v) is 4.01. The van der Waals surface area contributed by atoms with Crippen LogP contribution in [0, 0.1) is 5.41 Å². The summed E-state index contributed by atoms with van der Waals surface area (Å²) in [5.74, 6) is -0.780. The summed E-state index contributed by atoms with van der Waals surface area (Å²) in [6.07, 6.45) is 4.43. The summed E-state index contributed by atoms with van der Waals surface area (Å²) >= 11 is 0. The van der Waals surface area contributed by atoms with Gasteiger partial charge in [-0.25, -0.2) is 0 Å². The second-order valence-electron chi connectivity index (χ2n) is 5.94. The van der Waals surface area contributed by atoms with Gasteiger partial charge in [0.2, 0.25) is 0 Å². The first kappa shape index (κ1) is 13.8. The molecular weight excluding hydrogens is 242 g/mol. The molecule has 1 aliphatic carbocycles. The van der Waals surface area contributed by atoms with Crippen molar-refractivity contribution in [2.75, 3.05) is 0 Å². The molecule has 0 radical (unpaired) electrons. The summed E-state index contributed by atoms with van der Waals surface area (Å²) in [5.41, 5.74) is 1.74. The van der Waals surface area contributed by atoms with Gasteiger partial charge in [0.1, 0.15) is 0 Å². The second-order valence-corrected chi connectivity index (χ2v) is 5.94. The Morgan fingerprint density at radius 3 is 2.79 bits per heavy atom. The highest BCUT2D eigenvalue weighted by Crippen LogP contribution is 2.24. The molecule has 1 aromatic rings. The van der Waals surface area contributed by atoms with Crippen molar-refractivity contribution in [3.8, 4) is 0 Å². The minimum absolute atomic E-state index is 0.0359. The Balaban J connectivity index is 2.07. The highest BCUT2D eigenvalue weighted by Gasteiger charge is 2.26. The highest BCUT2D eigenvalue weighted by molar-refractivity contribution is 5.73. The molecule has 0 saturated carbocycles. The molecular formula is C15H21NO3. The van der Waals surface area contributed by atoms with Crippen LogP contribution in [0.4, 0.5) is 0 Å². The van der Waals surface area contributed by atoms with Crippen molar-refractivity contribution < 1.29 is 9.90 Å². The van der Waals surface area contributed by atoms with Crippen molar-refractivity contribution >= 4 is 5.97 Å². The Labute approximate surface area is 113 Å². The number of aryl methyl sites for hydroxylation is 1. The average molecular weight is 263 g/mol. The molecule has 104 valence electrons. The first-order chi connectivity index (χ1) is 8.92. The van der Waals surface area contributed by atoms with Crippen LogP contribution in [0.2, 0.25) is 0 Å². The Morgan fingerprint density at radius 2 is 2.11 bits per heavy atom. The van der Waals surface area contributed by atoms with Crippen LogP contribution in [0.3, 0.4) is 0 Å². The lowest BCUT2D eigenvalue weighted by Gasteiger charge is -2.19. The van der Waals surface area contributed by atoms with E-state index in [4.69, 9.17) is 5.11 Å². The van der Waals surface area contributed by atoms with Crippen molar-refractivity contribution in [2.24, 2.45) is 5.41 Å². The van der Waals surface area contributed by atoms with Crippen LogP contribution in [0.15, 0.2) is 16.9 Å². The van der Waals surface area contributed by atoms with Gasteiger partial charge in [-0.1, -0.05) is 6.07 Å². The zero-order chi connectivity index (χ0) is 14.0. The van der Waals surface area contributed by atoms with Gasteiger partial charge in [-0.2, -0.15) is 0 Å². The van der Waals surface area contributed by atoms with E-state index in [0.29, 0.717) is 13.0 Å². The number of aliphatic carboxylic acids is 1. The summed E-state index contributed by atoms with van der Waals surface area (Å²) < 4.78 is 1.83. The summed E-state index contributed by atoms with van der Waals surface area (Å²) in [6, 6.07) is 3.56. The van der Waals surface area contributed by atoms with Crippen LogP contribution >= 0.6 is 0 Å². The molecule has 0 aromatic carbocycles. The van der Waals surface area contributed by atoms with Gasteiger partial charge in [0.05, 0.1) is 5.41 Å². The van der Waals surface area contributed by atoms with Gasteiger partial charge >= 0.3 is 5.97 Å². The molecule has 2 rings (SSSR count). The van der Waals surface area contributed by atoms with Gasteiger partial charge in [-0.3, -0.25) is 9.59 Å². The molecule has 0 atom stereocenters. The normalized spacial score (nSPS) is 14.4. The number of carboxylic acids is 1. The highest BCUT2D eigenvalue weighted by atomic mass is 16.4. The van der Waals surface area contributed by atoms with E-state index in [-0.39, 0.29) is 5.56 Å². The van der Waals surface area contributed by atoms with Gasteiger partial charge < -0.3 is 9.67 Å². The fraction of sp³-hybridized carbons (Fsp3) is 0.600. The predicted molar refractivity (Wildman–Crippen MR) is 73.4 cm³/mol. The molecule has 4 heteroatoms. The van der Waals surface area contributed by atoms with E-state index in [9.17, 15) is 9.59 Å². The average Bonchev–Trinajstić information content (AvgIpc) is 2.80. The number of carbonyl (C=O) groups is 1. The maximum atomic E-state index is 11.9. The molecule has 0 aliphatic heterocycles. The van der Waals surface area contributed by atoms with E-state index in [2.05, 4.69) is 0 Å². The topological polar surface area (TPSA) is 59.3 Å². The summed E-state index contributed by atoms with van der Waals surface area (Å²) in [4.78, 5) is 23.0. The molecule has 0 unspecified atom stereocenters. The summed E-state index contributed by atoms with van der Waals surface area (Å²) in [7, 11) is 0. The monoisotopic (exact) mass is 263 g/mol. The zero-order valence-corrected chi connectivity index (χ0v) is 11.6. The van der Waals surface area contributed by atoms with Crippen molar-refractivity contribution in [1.29, 1.82) is 0 Å². The van der Waals surface area contributed by atoms with E-state index in [1.165, 1.54) is 5.56 Å². The molecule has 0 saturated heterocycles. The van der Waals surface area contributed by atoms with Crippen molar-refractivity contribution in [3.63, 3.8) is 0 Å². The lowest BCUT2D eigenvalue weighted by molar-refractivity contribution is -0.147. The Bertz CT molecular complexity index is 543.